The van der Waals surface area contributed by atoms with Crippen LogP contribution < -0.4 is 0 Å². The molecule has 0 saturated carbocycles. The molecule has 0 atom stereocenters. The molecule has 0 aliphatic rings. The van der Waals surface area contributed by atoms with E-state index in [1.165, 1.54) is 44.9 Å². The zero-order valence-corrected chi connectivity index (χ0v) is 15.5. The molecule has 2 N–H and O–H groups in total. The Morgan fingerprint density at radius 2 is 1.22 bits per heavy atom. The molecule has 0 saturated heterocycles. The van der Waals surface area contributed by atoms with Gasteiger partial charge < -0.3 is 9.79 Å². The largest absolute Gasteiger partial charge is 0.469 e. The van der Waals surface area contributed by atoms with E-state index in [-0.39, 0.29) is 47.4 Å². The fourth-order valence-electron chi connectivity index (χ4n) is 1.77. The van der Waals surface area contributed by atoms with Gasteiger partial charge in [0.05, 0.1) is 6.61 Å². The zero-order chi connectivity index (χ0) is 13.0. The van der Waals surface area contributed by atoms with Crippen molar-refractivity contribution < 1.29 is 59.7 Å². The quantitative estimate of drug-likeness (QED) is 0.377. The molecule has 0 spiro atoms. The van der Waals surface area contributed by atoms with Crippen LogP contribution >= 0.6 is 7.82 Å². The zero-order valence-electron chi connectivity index (χ0n) is 11.4. The van der Waals surface area contributed by atoms with Crippen LogP contribution in [0.15, 0.2) is 0 Å². The Labute approximate surface area is 144 Å². The van der Waals surface area contributed by atoms with Gasteiger partial charge in [-0.1, -0.05) is 64.7 Å². The first-order chi connectivity index (χ1) is 8.06. The van der Waals surface area contributed by atoms with E-state index in [0.29, 0.717) is 0 Å². The molecule has 0 amide bonds. The van der Waals surface area contributed by atoms with E-state index in [4.69, 9.17) is 9.79 Å². The van der Waals surface area contributed by atoms with E-state index in [0.717, 1.165) is 19.3 Å². The first-order valence-electron chi connectivity index (χ1n) is 6.76. The molecule has 0 rings (SSSR count). The van der Waals surface area contributed by atoms with Crippen LogP contribution in [0.1, 0.15) is 71.1 Å². The molecule has 0 radical (unpaired) electrons. The van der Waals surface area contributed by atoms with Crippen molar-refractivity contribution in [3.05, 3.63) is 0 Å². The molecule has 0 aromatic heterocycles. The summed E-state index contributed by atoms with van der Waals surface area (Å²) in [7, 11) is -4.24. The molecule has 0 aliphatic heterocycles. The molecule has 0 unspecified atom stereocenters. The minimum absolute atomic E-state index is 0. The third-order valence-electron chi connectivity index (χ3n) is 2.76. The van der Waals surface area contributed by atoms with Crippen molar-refractivity contribution in [2.75, 3.05) is 6.61 Å². The molecular weight excluding hydrogens is 383 g/mol. The van der Waals surface area contributed by atoms with Crippen molar-refractivity contribution in [1.29, 1.82) is 0 Å². The van der Waals surface area contributed by atoms with Crippen molar-refractivity contribution >= 4 is 7.82 Å². The molecule has 0 bridgehead atoms. The SMILES string of the molecule is CCCCCCCCCCCCOP(=O)(O)O.[Nd]. The van der Waals surface area contributed by atoms with Gasteiger partial charge in [-0.15, -0.1) is 0 Å². The van der Waals surface area contributed by atoms with Crippen molar-refractivity contribution in [2.45, 2.75) is 71.1 Å². The molecule has 0 aromatic carbocycles. The van der Waals surface area contributed by atoms with Crippen LogP contribution in [0.3, 0.4) is 0 Å². The van der Waals surface area contributed by atoms with Gasteiger partial charge in [0.15, 0.2) is 0 Å². The maximum atomic E-state index is 10.4. The second-order valence-electron chi connectivity index (χ2n) is 4.51. The summed E-state index contributed by atoms with van der Waals surface area (Å²) in [5.74, 6) is 0. The molecule has 0 heterocycles. The van der Waals surface area contributed by atoms with Crippen molar-refractivity contribution in [2.24, 2.45) is 0 Å². The predicted molar refractivity (Wildman–Crippen MR) is 69.8 cm³/mol. The Bertz CT molecular complexity index is 208. The fourth-order valence-corrected chi connectivity index (χ4v) is 2.14. The summed E-state index contributed by atoms with van der Waals surface area (Å²) in [5, 5.41) is 0. The smallest absolute Gasteiger partial charge is 0.303 e. The first kappa shape index (κ1) is 21.8. The topological polar surface area (TPSA) is 66.8 Å². The van der Waals surface area contributed by atoms with Gasteiger partial charge in [0.2, 0.25) is 0 Å². The minimum atomic E-state index is -4.24. The maximum absolute atomic E-state index is 10.4. The predicted octanol–water partition coefficient (Wildman–Crippen LogP) is 4.02. The summed E-state index contributed by atoms with van der Waals surface area (Å²) < 4.78 is 14.7. The van der Waals surface area contributed by atoms with Gasteiger partial charge in [-0.3, -0.25) is 4.52 Å². The molecule has 4 nitrogen and oxygen atoms in total. The Balaban J connectivity index is 0. The molecule has 108 valence electrons. The molecular formula is C12H27NdO4P. The molecule has 18 heavy (non-hydrogen) atoms. The number of hydrogen-bond donors (Lipinski definition) is 2. The summed E-state index contributed by atoms with van der Waals surface area (Å²) in [6.07, 6.45) is 12.0. The minimum Gasteiger partial charge on any atom is -0.303 e. The van der Waals surface area contributed by atoms with Gasteiger partial charge in [0.1, 0.15) is 0 Å². The van der Waals surface area contributed by atoms with Crippen LogP contribution in [0.5, 0.6) is 0 Å². The monoisotopic (exact) mass is 408 g/mol. The maximum Gasteiger partial charge on any atom is 0.469 e. The van der Waals surface area contributed by atoms with Gasteiger partial charge in [-0.2, -0.15) is 0 Å². The van der Waals surface area contributed by atoms with Gasteiger partial charge >= 0.3 is 7.82 Å². The van der Waals surface area contributed by atoms with Crippen LogP contribution in [0.25, 0.3) is 0 Å². The first-order valence-corrected chi connectivity index (χ1v) is 8.29. The Morgan fingerprint density at radius 3 is 1.61 bits per heavy atom. The summed E-state index contributed by atoms with van der Waals surface area (Å²) in [6.45, 7) is 2.39. The summed E-state index contributed by atoms with van der Waals surface area (Å²) >= 11 is 0. The van der Waals surface area contributed by atoms with Crippen LogP contribution in [0.4, 0.5) is 0 Å². The number of phosphoric acid groups is 1. The second-order valence-corrected chi connectivity index (χ2v) is 5.75. The Morgan fingerprint density at radius 1 is 0.833 bits per heavy atom. The van der Waals surface area contributed by atoms with E-state index < -0.39 is 7.82 Å². The average Bonchev–Trinajstić information content (AvgIpc) is 2.24. The summed E-state index contributed by atoms with van der Waals surface area (Å²) in [4.78, 5) is 16.9. The molecule has 0 aromatic rings. The van der Waals surface area contributed by atoms with Crippen molar-refractivity contribution in [3.63, 3.8) is 0 Å². The number of rotatable bonds is 12. The standard InChI is InChI=1S/C12H27O4P.Nd/c1-2-3-4-5-6-7-8-9-10-11-12-16-17(13,14)15;/h2-12H2,1H3,(H2,13,14,15);. The molecule has 0 fully saturated rings. The molecule has 0 aliphatic carbocycles. The third-order valence-corrected chi connectivity index (χ3v) is 3.28. The number of unbranched alkanes of at least 4 members (excludes halogenated alkanes) is 9. The summed E-state index contributed by atoms with van der Waals surface area (Å²) in [5.41, 5.74) is 0. The summed E-state index contributed by atoms with van der Waals surface area (Å²) in [6, 6.07) is 0. The van der Waals surface area contributed by atoms with E-state index in [9.17, 15) is 4.57 Å². The van der Waals surface area contributed by atoms with E-state index in [1.54, 1.807) is 0 Å². The van der Waals surface area contributed by atoms with Gasteiger partial charge in [-0.05, 0) is 6.42 Å². The van der Waals surface area contributed by atoms with Gasteiger partial charge in [-0.25, -0.2) is 4.57 Å². The van der Waals surface area contributed by atoms with Crippen LogP contribution in [-0.2, 0) is 9.09 Å². The van der Waals surface area contributed by atoms with Crippen molar-refractivity contribution in [3.8, 4) is 0 Å². The average molecular weight is 411 g/mol. The van der Waals surface area contributed by atoms with Gasteiger partial charge in [0.25, 0.3) is 0 Å². The normalized spacial score (nSPS) is 11.3. The van der Waals surface area contributed by atoms with E-state index in [2.05, 4.69) is 11.4 Å². The van der Waals surface area contributed by atoms with Gasteiger partial charge in [0, 0.05) is 40.8 Å². The molecule has 6 heteroatoms. The second kappa shape index (κ2) is 14.9. The van der Waals surface area contributed by atoms with Crippen LogP contribution in [0, 0.1) is 40.8 Å². The number of phosphoric ester groups is 1. The third kappa shape index (κ3) is 19.8. The van der Waals surface area contributed by atoms with Crippen LogP contribution in [0.2, 0.25) is 0 Å². The number of hydrogen-bond acceptors (Lipinski definition) is 2. The Kier molecular flexibility index (Phi) is 18.0. The van der Waals surface area contributed by atoms with Crippen LogP contribution in [-0.4, -0.2) is 16.4 Å². The van der Waals surface area contributed by atoms with E-state index >= 15 is 0 Å². The fraction of sp³-hybridized carbons (Fsp3) is 1.00. The van der Waals surface area contributed by atoms with Crippen molar-refractivity contribution in [1.82, 2.24) is 0 Å². The Hall–Kier alpha value is 1.46. The van der Waals surface area contributed by atoms with E-state index in [1.807, 2.05) is 0 Å².